The largest absolute Gasteiger partial charge is 0.508 e. The van der Waals surface area contributed by atoms with Crippen LogP contribution in [0.25, 0.3) is 54.2 Å². The number of hydrogen-bond donors (Lipinski definition) is 3. The Kier molecular flexibility index (Phi) is 4.61. The second-order valence-corrected chi connectivity index (χ2v) is 8.61. The molecule has 0 bridgehead atoms. The van der Waals surface area contributed by atoms with Crippen molar-refractivity contribution in [2.45, 2.75) is 0 Å². The molecule has 0 fully saturated rings. The Morgan fingerprint density at radius 1 is 0.514 bits per heavy atom. The van der Waals surface area contributed by atoms with E-state index in [9.17, 15) is 15.3 Å². The molecular weight excluding hydrogens is 440 g/mol. The predicted molar refractivity (Wildman–Crippen MR) is 140 cm³/mol. The summed E-state index contributed by atoms with van der Waals surface area (Å²) in [5, 5.41) is 38.2. The molecule has 5 nitrogen and oxygen atoms in total. The Labute approximate surface area is 201 Å². The van der Waals surface area contributed by atoms with Gasteiger partial charge in [0.15, 0.2) is 0 Å². The van der Waals surface area contributed by atoms with Crippen molar-refractivity contribution in [3.8, 4) is 39.9 Å². The van der Waals surface area contributed by atoms with E-state index in [1.807, 2.05) is 48.5 Å². The van der Waals surface area contributed by atoms with Crippen LogP contribution in [0.15, 0.2) is 78.9 Å². The minimum absolute atomic E-state index is 0.0968. The van der Waals surface area contributed by atoms with Gasteiger partial charge in [0.1, 0.15) is 28.7 Å². The molecule has 0 radical (unpaired) electrons. The van der Waals surface area contributed by atoms with Gasteiger partial charge in [0.25, 0.3) is 0 Å². The molecule has 0 saturated carbocycles. The highest BCUT2D eigenvalue weighted by Crippen LogP contribution is 2.47. The fourth-order valence-corrected chi connectivity index (χ4v) is 5.12. The summed E-state index contributed by atoms with van der Waals surface area (Å²) >= 11 is 0. The third-order valence-corrected chi connectivity index (χ3v) is 6.65. The third-order valence-electron chi connectivity index (χ3n) is 6.65. The van der Waals surface area contributed by atoms with Gasteiger partial charge in [0.2, 0.25) is 0 Å². The maximum Gasteiger partial charge on any atom is 0.131 e. The molecule has 6 aromatic rings. The molecule has 0 heterocycles. The fraction of sp³-hybridized carbons (Fsp3) is 0.0667. The summed E-state index contributed by atoms with van der Waals surface area (Å²) in [6.45, 7) is 0. The zero-order valence-corrected chi connectivity index (χ0v) is 19.2. The van der Waals surface area contributed by atoms with Crippen LogP contribution >= 0.6 is 0 Å². The van der Waals surface area contributed by atoms with Gasteiger partial charge in [0, 0.05) is 22.4 Å². The van der Waals surface area contributed by atoms with Gasteiger partial charge >= 0.3 is 0 Å². The maximum absolute atomic E-state index is 11.1. The highest BCUT2D eigenvalue weighted by molar-refractivity contribution is 6.18. The van der Waals surface area contributed by atoms with Crippen LogP contribution in [0.3, 0.4) is 0 Å². The zero-order valence-electron chi connectivity index (χ0n) is 19.2. The van der Waals surface area contributed by atoms with Crippen molar-refractivity contribution in [3.63, 3.8) is 0 Å². The van der Waals surface area contributed by atoms with Gasteiger partial charge in [-0.25, -0.2) is 0 Å². The number of aromatic hydroxyl groups is 3. The molecule has 0 unspecified atom stereocenters. The highest BCUT2D eigenvalue weighted by Gasteiger charge is 2.19. The van der Waals surface area contributed by atoms with Crippen LogP contribution in [0.2, 0.25) is 0 Å². The quantitative estimate of drug-likeness (QED) is 0.245. The Bertz CT molecular complexity index is 1800. The molecule has 3 N–H and O–H groups in total. The second kappa shape index (κ2) is 7.71. The van der Waals surface area contributed by atoms with E-state index in [4.69, 9.17) is 9.47 Å². The van der Waals surface area contributed by atoms with E-state index in [-0.39, 0.29) is 17.2 Å². The molecule has 6 aromatic carbocycles. The Morgan fingerprint density at radius 3 is 1.71 bits per heavy atom. The molecule has 0 amide bonds. The zero-order chi connectivity index (χ0) is 24.3. The number of methoxy groups -OCH3 is 2. The highest BCUT2D eigenvalue weighted by atomic mass is 16.5. The summed E-state index contributed by atoms with van der Waals surface area (Å²) < 4.78 is 11.5. The standard InChI is InChI=1S/C30H22O5/c1-34-26-14-19(11-18-4-3-16-12-20(31)6-9-22(16)29(18)26)28-24-8-5-17-13-21(32)7-10-23(17)30(24)27(35-2)15-25(28)33/h3-15,31-33H,1-2H3. The van der Waals surface area contributed by atoms with Crippen LogP contribution in [0.1, 0.15) is 0 Å². The molecule has 0 spiro atoms. The molecule has 0 saturated heterocycles. The molecule has 0 aliphatic rings. The van der Waals surface area contributed by atoms with Gasteiger partial charge in [-0.2, -0.15) is 0 Å². The van der Waals surface area contributed by atoms with Crippen LogP contribution in [-0.2, 0) is 0 Å². The summed E-state index contributed by atoms with van der Waals surface area (Å²) in [6.07, 6.45) is 0. The van der Waals surface area contributed by atoms with Gasteiger partial charge < -0.3 is 24.8 Å². The molecular formula is C30H22O5. The van der Waals surface area contributed by atoms with Gasteiger partial charge in [-0.1, -0.05) is 24.3 Å². The first-order valence-electron chi connectivity index (χ1n) is 11.2. The van der Waals surface area contributed by atoms with E-state index in [0.717, 1.165) is 48.7 Å². The molecule has 172 valence electrons. The van der Waals surface area contributed by atoms with Gasteiger partial charge in [0.05, 0.1) is 14.2 Å². The average molecular weight is 463 g/mol. The first-order chi connectivity index (χ1) is 17.0. The number of fused-ring (bicyclic) bond motifs is 6. The molecule has 0 aliphatic carbocycles. The van der Waals surface area contributed by atoms with Crippen molar-refractivity contribution < 1.29 is 24.8 Å². The minimum atomic E-state index is 0.0968. The lowest BCUT2D eigenvalue weighted by atomic mass is 9.91. The number of phenols is 3. The van der Waals surface area contributed by atoms with Crippen molar-refractivity contribution in [2.75, 3.05) is 14.2 Å². The van der Waals surface area contributed by atoms with E-state index in [1.54, 1.807) is 44.6 Å². The first-order valence-corrected chi connectivity index (χ1v) is 11.2. The number of phenolic OH excluding ortho intramolecular Hbond substituents is 3. The molecule has 0 aliphatic heterocycles. The van der Waals surface area contributed by atoms with Gasteiger partial charge in [-0.05, 0) is 86.4 Å². The number of rotatable bonds is 3. The number of hydrogen-bond acceptors (Lipinski definition) is 5. The van der Waals surface area contributed by atoms with Crippen molar-refractivity contribution in [3.05, 3.63) is 78.9 Å². The van der Waals surface area contributed by atoms with Crippen LogP contribution < -0.4 is 9.47 Å². The SMILES string of the molecule is COc1cc(-c2c(O)cc(OC)c3c2ccc2cc(O)ccc23)cc2ccc3cc(O)ccc3c12. The number of benzene rings is 6. The van der Waals surface area contributed by atoms with Crippen molar-refractivity contribution in [1.29, 1.82) is 0 Å². The van der Waals surface area contributed by atoms with Crippen molar-refractivity contribution in [2.24, 2.45) is 0 Å². The van der Waals surface area contributed by atoms with Crippen LogP contribution in [0.4, 0.5) is 0 Å². The third kappa shape index (κ3) is 3.16. The summed E-state index contributed by atoms with van der Waals surface area (Å²) in [5.74, 6) is 1.72. The van der Waals surface area contributed by atoms with Crippen LogP contribution in [0.5, 0.6) is 28.7 Å². The topological polar surface area (TPSA) is 79.2 Å². The van der Waals surface area contributed by atoms with Crippen molar-refractivity contribution in [1.82, 2.24) is 0 Å². The van der Waals surface area contributed by atoms with Gasteiger partial charge in [-0.3, -0.25) is 0 Å². The summed E-state index contributed by atoms with van der Waals surface area (Å²) in [4.78, 5) is 0. The van der Waals surface area contributed by atoms with Crippen molar-refractivity contribution >= 4 is 43.1 Å². The van der Waals surface area contributed by atoms with Crippen LogP contribution in [0, 0.1) is 0 Å². The summed E-state index contributed by atoms with van der Waals surface area (Å²) in [5.41, 5.74) is 1.47. The molecule has 0 atom stereocenters. The van der Waals surface area contributed by atoms with E-state index in [0.29, 0.717) is 17.1 Å². The maximum atomic E-state index is 11.1. The lowest BCUT2D eigenvalue weighted by Gasteiger charge is -2.17. The lowest BCUT2D eigenvalue weighted by Crippen LogP contribution is -1.92. The van der Waals surface area contributed by atoms with Crippen LogP contribution in [-0.4, -0.2) is 29.5 Å². The predicted octanol–water partition coefficient (Wildman–Crippen LogP) is 7.10. The normalized spacial score (nSPS) is 11.5. The lowest BCUT2D eigenvalue weighted by molar-refractivity contribution is 0.413. The number of ether oxygens (including phenoxy) is 2. The Morgan fingerprint density at radius 2 is 1.06 bits per heavy atom. The molecule has 5 heteroatoms. The van der Waals surface area contributed by atoms with Gasteiger partial charge in [-0.15, -0.1) is 0 Å². The minimum Gasteiger partial charge on any atom is -0.508 e. The Balaban J connectivity index is 1.71. The summed E-state index contributed by atoms with van der Waals surface area (Å²) in [6, 6.07) is 23.9. The monoisotopic (exact) mass is 462 g/mol. The fourth-order valence-electron chi connectivity index (χ4n) is 5.12. The summed E-state index contributed by atoms with van der Waals surface area (Å²) in [7, 11) is 3.21. The Hall–Kier alpha value is -4.64. The molecule has 35 heavy (non-hydrogen) atoms. The second-order valence-electron chi connectivity index (χ2n) is 8.61. The smallest absolute Gasteiger partial charge is 0.131 e. The first kappa shape index (κ1) is 20.9. The van der Waals surface area contributed by atoms with E-state index >= 15 is 0 Å². The average Bonchev–Trinajstić information content (AvgIpc) is 2.86. The van der Waals surface area contributed by atoms with E-state index in [2.05, 4.69) is 0 Å². The molecule has 6 rings (SSSR count). The van der Waals surface area contributed by atoms with E-state index < -0.39 is 0 Å². The molecule has 0 aromatic heterocycles. The van der Waals surface area contributed by atoms with E-state index in [1.165, 1.54) is 0 Å².